The van der Waals surface area contributed by atoms with Crippen LogP contribution in [0, 0.1) is 6.92 Å². The van der Waals surface area contributed by atoms with Crippen LogP contribution >= 0.6 is 27.5 Å². The number of nitrogens with zero attached hydrogens (tertiary/aromatic N) is 2. The van der Waals surface area contributed by atoms with E-state index in [2.05, 4.69) is 36.4 Å². The van der Waals surface area contributed by atoms with E-state index in [0.29, 0.717) is 11.7 Å². The summed E-state index contributed by atoms with van der Waals surface area (Å²) in [5.41, 5.74) is 2.60. The zero-order valence-corrected chi connectivity index (χ0v) is 13.5. The highest BCUT2D eigenvalue weighted by Crippen LogP contribution is 2.26. The number of H-pyrrole nitrogens is 1. The Bertz CT molecular complexity index is 768. The maximum atomic E-state index is 6.06. The Morgan fingerprint density at radius 2 is 2.24 bits per heavy atom. The predicted octanol–water partition coefficient (Wildman–Crippen LogP) is 4.40. The van der Waals surface area contributed by atoms with E-state index in [9.17, 15) is 0 Å². The zero-order chi connectivity index (χ0) is 14.8. The van der Waals surface area contributed by atoms with Crippen molar-refractivity contribution in [2.75, 3.05) is 5.32 Å². The molecule has 0 saturated carbocycles. The number of pyridine rings is 1. The molecule has 3 heterocycles. The Morgan fingerprint density at radius 3 is 3.00 bits per heavy atom. The topological polar surface area (TPSA) is 66.7 Å². The highest BCUT2D eigenvalue weighted by atomic mass is 79.9. The fourth-order valence-electron chi connectivity index (χ4n) is 1.96. The van der Waals surface area contributed by atoms with Gasteiger partial charge in [-0.15, -0.1) is 0 Å². The van der Waals surface area contributed by atoms with Crippen LogP contribution in [0.25, 0.3) is 11.5 Å². The molecule has 0 aliphatic heterocycles. The van der Waals surface area contributed by atoms with Crippen LogP contribution in [0.5, 0.6) is 0 Å². The summed E-state index contributed by atoms with van der Waals surface area (Å²) in [7, 11) is 0. The Kier molecular flexibility index (Phi) is 3.98. The van der Waals surface area contributed by atoms with Gasteiger partial charge < -0.3 is 9.73 Å². The molecule has 3 aromatic heterocycles. The van der Waals surface area contributed by atoms with Crippen LogP contribution in [0.3, 0.4) is 0 Å². The van der Waals surface area contributed by atoms with E-state index in [-0.39, 0.29) is 0 Å². The monoisotopic (exact) mass is 366 g/mol. The van der Waals surface area contributed by atoms with Crippen LogP contribution < -0.4 is 5.32 Å². The molecule has 3 aromatic rings. The molecule has 0 aromatic carbocycles. The number of hydrogen-bond acceptors (Lipinski definition) is 4. The third kappa shape index (κ3) is 3.11. The van der Waals surface area contributed by atoms with Crippen molar-refractivity contribution in [3.05, 3.63) is 51.5 Å². The third-order valence-corrected chi connectivity index (χ3v) is 3.71. The van der Waals surface area contributed by atoms with Crippen LogP contribution in [0.2, 0.25) is 5.15 Å². The molecule has 0 aliphatic rings. The van der Waals surface area contributed by atoms with Crippen molar-refractivity contribution in [1.29, 1.82) is 0 Å². The van der Waals surface area contributed by atoms with Crippen molar-refractivity contribution < 1.29 is 4.42 Å². The standard InChI is InChI=1S/C14H12BrClN4O/c1-8-2-3-12(21-8)13-9(6-19-20-13)5-17-11-4-10(15)7-18-14(11)16/h2-4,6-7,17H,5H2,1H3,(H,19,20). The molecular formula is C14H12BrClN4O. The lowest BCUT2D eigenvalue weighted by Crippen LogP contribution is -2.01. The molecule has 21 heavy (non-hydrogen) atoms. The van der Waals surface area contributed by atoms with E-state index in [1.807, 2.05) is 25.1 Å². The van der Waals surface area contributed by atoms with E-state index in [0.717, 1.165) is 32.9 Å². The minimum Gasteiger partial charge on any atom is -0.460 e. The average Bonchev–Trinajstić information content (AvgIpc) is 3.08. The van der Waals surface area contributed by atoms with Crippen LogP contribution in [0.1, 0.15) is 11.3 Å². The average molecular weight is 368 g/mol. The summed E-state index contributed by atoms with van der Waals surface area (Å²) in [6, 6.07) is 5.72. The lowest BCUT2D eigenvalue weighted by molar-refractivity contribution is 0.545. The first kappa shape index (κ1) is 14.2. The Hall–Kier alpha value is -1.79. The summed E-state index contributed by atoms with van der Waals surface area (Å²) < 4.78 is 6.48. The first-order chi connectivity index (χ1) is 10.1. The zero-order valence-electron chi connectivity index (χ0n) is 11.2. The summed E-state index contributed by atoms with van der Waals surface area (Å²) in [4.78, 5) is 4.08. The van der Waals surface area contributed by atoms with E-state index in [4.69, 9.17) is 16.0 Å². The highest BCUT2D eigenvalue weighted by Gasteiger charge is 2.11. The molecule has 0 spiro atoms. The second-order valence-corrected chi connectivity index (χ2v) is 5.80. The van der Waals surface area contributed by atoms with Gasteiger partial charge in [0.05, 0.1) is 11.9 Å². The summed E-state index contributed by atoms with van der Waals surface area (Å²) >= 11 is 9.43. The van der Waals surface area contributed by atoms with E-state index >= 15 is 0 Å². The maximum absolute atomic E-state index is 6.06. The number of aromatic amines is 1. The molecule has 3 rings (SSSR count). The molecule has 5 nitrogen and oxygen atoms in total. The number of anilines is 1. The van der Waals surface area contributed by atoms with Gasteiger partial charge in [0.25, 0.3) is 0 Å². The highest BCUT2D eigenvalue weighted by molar-refractivity contribution is 9.10. The van der Waals surface area contributed by atoms with Crippen LogP contribution in [0.4, 0.5) is 5.69 Å². The number of hydrogen-bond donors (Lipinski definition) is 2. The van der Waals surface area contributed by atoms with Gasteiger partial charge in [-0.2, -0.15) is 5.10 Å². The van der Waals surface area contributed by atoms with Gasteiger partial charge in [-0.25, -0.2) is 4.98 Å². The molecule has 0 atom stereocenters. The Morgan fingerprint density at radius 1 is 1.38 bits per heavy atom. The van der Waals surface area contributed by atoms with E-state index in [1.165, 1.54) is 0 Å². The molecule has 108 valence electrons. The Labute approximate surface area is 134 Å². The van der Waals surface area contributed by atoms with E-state index in [1.54, 1.807) is 12.4 Å². The van der Waals surface area contributed by atoms with Gasteiger partial charge in [0, 0.05) is 22.8 Å². The molecule has 0 fully saturated rings. The molecule has 0 bridgehead atoms. The molecule has 0 unspecified atom stereocenters. The fourth-order valence-corrected chi connectivity index (χ4v) is 2.47. The fraction of sp³-hybridized carbons (Fsp3) is 0.143. The quantitative estimate of drug-likeness (QED) is 0.671. The second-order valence-electron chi connectivity index (χ2n) is 4.53. The van der Waals surface area contributed by atoms with Gasteiger partial charge in [0.15, 0.2) is 10.9 Å². The summed E-state index contributed by atoms with van der Waals surface area (Å²) in [6.45, 7) is 2.47. The van der Waals surface area contributed by atoms with Crippen molar-refractivity contribution in [3.63, 3.8) is 0 Å². The molecular weight excluding hydrogens is 356 g/mol. The summed E-state index contributed by atoms with van der Waals surface area (Å²) in [6.07, 6.45) is 3.42. The van der Waals surface area contributed by atoms with Crippen LogP contribution in [-0.2, 0) is 6.54 Å². The molecule has 0 amide bonds. The molecule has 7 heteroatoms. The van der Waals surface area contributed by atoms with Gasteiger partial charge in [-0.05, 0) is 41.1 Å². The number of aromatic nitrogens is 3. The number of halogens is 2. The smallest absolute Gasteiger partial charge is 0.152 e. The lowest BCUT2D eigenvalue weighted by Gasteiger charge is -2.08. The first-order valence-electron chi connectivity index (χ1n) is 6.27. The maximum Gasteiger partial charge on any atom is 0.152 e. The van der Waals surface area contributed by atoms with Gasteiger partial charge >= 0.3 is 0 Å². The van der Waals surface area contributed by atoms with Crippen LogP contribution in [-0.4, -0.2) is 15.2 Å². The van der Waals surface area contributed by atoms with Gasteiger partial charge in [0.2, 0.25) is 0 Å². The van der Waals surface area contributed by atoms with Crippen LogP contribution in [0.15, 0.2) is 39.5 Å². The number of rotatable bonds is 4. The number of nitrogens with one attached hydrogen (secondary N) is 2. The Balaban J connectivity index is 1.80. The normalized spacial score (nSPS) is 10.8. The number of furan rings is 1. The number of aryl methyl sites for hydroxylation is 1. The molecule has 0 radical (unpaired) electrons. The minimum atomic E-state index is 0.428. The lowest BCUT2D eigenvalue weighted by atomic mass is 10.2. The van der Waals surface area contributed by atoms with Gasteiger partial charge in [0.1, 0.15) is 11.5 Å². The van der Waals surface area contributed by atoms with Crippen molar-refractivity contribution in [1.82, 2.24) is 15.2 Å². The predicted molar refractivity (Wildman–Crippen MR) is 85.3 cm³/mol. The second kappa shape index (κ2) is 5.91. The largest absolute Gasteiger partial charge is 0.460 e. The van der Waals surface area contributed by atoms with Crippen molar-refractivity contribution in [2.45, 2.75) is 13.5 Å². The minimum absolute atomic E-state index is 0.428. The van der Waals surface area contributed by atoms with Gasteiger partial charge in [-0.3, -0.25) is 5.10 Å². The van der Waals surface area contributed by atoms with Crippen molar-refractivity contribution in [2.24, 2.45) is 0 Å². The molecule has 0 saturated heterocycles. The molecule has 2 N–H and O–H groups in total. The molecule has 0 aliphatic carbocycles. The van der Waals surface area contributed by atoms with Gasteiger partial charge in [-0.1, -0.05) is 11.6 Å². The SMILES string of the molecule is Cc1ccc(-c2[nH]ncc2CNc2cc(Br)cnc2Cl)o1. The van der Waals surface area contributed by atoms with Crippen molar-refractivity contribution >= 4 is 33.2 Å². The van der Waals surface area contributed by atoms with E-state index < -0.39 is 0 Å². The first-order valence-corrected chi connectivity index (χ1v) is 7.44. The van der Waals surface area contributed by atoms with Crippen molar-refractivity contribution in [3.8, 4) is 11.5 Å². The summed E-state index contributed by atoms with van der Waals surface area (Å²) in [5, 5.41) is 10.7. The third-order valence-electron chi connectivity index (χ3n) is 2.98. The summed E-state index contributed by atoms with van der Waals surface area (Å²) in [5.74, 6) is 1.62.